The average molecular weight is 191 g/mol. The normalized spacial score (nSPS) is 8.83. The topological polar surface area (TPSA) is 58.2 Å². The summed E-state index contributed by atoms with van der Waals surface area (Å²) in [6.07, 6.45) is 0. The van der Waals surface area contributed by atoms with Gasteiger partial charge in [-0.1, -0.05) is 6.58 Å². The molecule has 0 aromatic heterocycles. The third-order valence-corrected chi connectivity index (χ3v) is 1.18. The van der Waals surface area contributed by atoms with Crippen molar-refractivity contribution in [2.24, 2.45) is 0 Å². The summed E-state index contributed by atoms with van der Waals surface area (Å²) in [6.45, 7) is 5.22. The van der Waals surface area contributed by atoms with E-state index in [0.29, 0.717) is 12.4 Å². The summed E-state index contributed by atoms with van der Waals surface area (Å²) in [7, 11) is 0. The van der Waals surface area contributed by atoms with Crippen molar-refractivity contribution in [3.63, 3.8) is 0 Å². The van der Waals surface area contributed by atoms with Gasteiger partial charge in [-0.05, 0) is 6.92 Å². The number of hydrogen-bond acceptors (Lipinski definition) is 2. The Balaban J connectivity index is 3.69. The van der Waals surface area contributed by atoms with Gasteiger partial charge in [0.05, 0.1) is 0 Å². The highest BCUT2D eigenvalue weighted by Crippen LogP contribution is 1.84. The summed E-state index contributed by atoms with van der Waals surface area (Å²) in [4.78, 5) is 21.6. The first kappa shape index (κ1) is 11.0. The van der Waals surface area contributed by atoms with E-state index in [4.69, 9.17) is 11.6 Å². The molecule has 0 heterocycles. The second kappa shape index (κ2) is 5.60. The predicted octanol–water partition coefficient (Wildman–Crippen LogP) is 0.627. The largest absolute Gasteiger partial charge is 0.337 e. The van der Waals surface area contributed by atoms with Crippen LogP contribution in [0.3, 0.4) is 0 Å². The summed E-state index contributed by atoms with van der Waals surface area (Å²) in [5.74, 6) is -0.170. The molecule has 2 N–H and O–H groups in total. The van der Waals surface area contributed by atoms with Crippen LogP contribution >= 0.6 is 11.6 Å². The van der Waals surface area contributed by atoms with Gasteiger partial charge in [-0.2, -0.15) is 0 Å². The summed E-state index contributed by atoms with van der Waals surface area (Å²) >= 11 is 5.30. The van der Waals surface area contributed by atoms with E-state index in [9.17, 15) is 9.59 Å². The van der Waals surface area contributed by atoms with E-state index in [-0.39, 0.29) is 5.57 Å². The van der Waals surface area contributed by atoms with Crippen LogP contribution in [0.4, 0.5) is 4.79 Å². The molecule has 68 valence electrons. The number of alkyl halides is 1. The van der Waals surface area contributed by atoms with E-state index in [1.807, 2.05) is 0 Å². The highest BCUT2D eigenvalue weighted by molar-refractivity contribution is 6.18. The quantitative estimate of drug-likeness (QED) is 0.507. The first-order chi connectivity index (χ1) is 5.57. The van der Waals surface area contributed by atoms with Gasteiger partial charge in [0.1, 0.15) is 0 Å². The third kappa shape index (κ3) is 4.73. The maximum Gasteiger partial charge on any atom is 0.321 e. The lowest BCUT2D eigenvalue weighted by molar-refractivity contribution is -0.116. The van der Waals surface area contributed by atoms with Crippen LogP contribution in [-0.2, 0) is 4.79 Å². The van der Waals surface area contributed by atoms with Gasteiger partial charge in [0.15, 0.2) is 0 Å². The van der Waals surface area contributed by atoms with Gasteiger partial charge in [0.2, 0.25) is 0 Å². The maximum atomic E-state index is 10.8. The highest BCUT2D eigenvalue weighted by atomic mass is 35.5. The highest BCUT2D eigenvalue weighted by Gasteiger charge is 2.05. The van der Waals surface area contributed by atoms with Gasteiger partial charge in [0, 0.05) is 18.0 Å². The molecular formula is C7H11ClN2O2. The fourth-order valence-corrected chi connectivity index (χ4v) is 0.509. The van der Waals surface area contributed by atoms with E-state index in [1.54, 1.807) is 0 Å². The van der Waals surface area contributed by atoms with Crippen molar-refractivity contribution in [2.75, 3.05) is 12.4 Å². The van der Waals surface area contributed by atoms with Crippen molar-refractivity contribution in [3.8, 4) is 0 Å². The molecule has 0 spiro atoms. The summed E-state index contributed by atoms with van der Waals surface area (Å²) < 4.78 is 0. The molecule has 3 amide bonds. The maximum absolute atomic E-state index is 10.8. The van der Waals surface area contributed by atoms with Gasteiger partial charge in [-0.15, -0.1) is 11.6 Å². The molecule has 0 saturated carbocycles. The van der Waals surface area contributed by atoms with E-state index >= 15 is 0 Å². The van der Waals surface area contributed by atoms with Gasteiger partial charge in [-0.3, -0.25) is 10.1 Å². The lowest BCUT2D eigenvalue weighted by Crippen LogP contribution is -2.40. The Bertz CT molecular complexity index is 204. The first-order valence-electron chi connectivity index (χ1n) is 3.38. The van der Waals surface area contributed by atoms with E-state index < -0.39 is 11.9 Å². The van der Waals surface area contributed by atoms with Gasteiger partial charge in [-0.25, -0.2) is 4.79 Å². The van der Waals surface area contributed by atoms with Crippen molar-refractivity contribution >= 4 is 23.5 Å². The molecule has 0 saturated heterocycles. The minimum Gasteiger partial charge on any atom is -0.337 e. The molecule has 0 aromatic carbocycles. The van der Waals surface area contributed by atoms with Gasteiger partial charge >= 0.3 is 6.03 Å². The zero-order chi connectivity index (χ0) is 9.56. The minimum atomic E-state index is -0.552. The average Bonchev–Trinajstić information content (AvgIpc) is 2.00. The van der Waals surface area contributed by atoms with Gasteiger partial charge < -0.3 is 5.32 Å². The Morgan fingerprint density at radius 2 is 2.08 bits per heavy atom. The van der Waals surface area contributed by atoms with E-state index in [2.05, 4.69) is 17.2 Å². The number of nitrogens with one attached hydrogen (secondary N) is 2. The number of hydrogen-bond donors (Lipinski definition) is 2. The summed E-state index contributed by atoms with van der Waals surface area (Å²) in [5, 5.41) is 4.44. The van der Waals surface area contributed by atoms with Crippen LogP contribution in [0.2, 0.25) is 0 Å². The Morgan fingerprint density at radius 3 is 2.50 bits per heavy atom. The van der Waals surface area contributed by atoms with Crippen molar-refractivity contribution < 1.29 is 9.59 Å². The molecule has 5 heteroatoms. The second-order valence-corrected chi connectivity index (χ2v) is 2.56. The molecule has 0 atom stereocenters. The first-order valence-corrected chi connectivity index (χ1v) is 3.92. The fraction of sp³-hybridized carbons (Fsp3) is 0.429. The number of imide groups is 1. The zero-order valence-corrected chi connectivity index (χ0v) is 7.57. The number of carbonyl (C=O) groups excluding carboxylic acids is 2. The van der Waals surface area contributed by atoms with Crippen LogP contribution in [-0.4, -0.2) is 24.4 Å². The Kier molecular flexibility index (Phi) is 5.12. The standard InChI is InChI=1S/C7H11ClN2O2/c1-5(2)6(11)10-7(12)9-4-3-8/h1,3-4H2,2H3,(H2,9,10,11,12). The van der Waals surface area contributed by atoms with Crippen molar-refractivity contribution in [1.29, 1.82) is 0 Å². The van der Waals surface area contributed by atoms with Crippen LogP contribution < -0.4 is 10.6 Å². The second-order valence-electron chi connectivity index (χ2n) is 2.18. The molecule has 0 aliphatic carbocycles. The third-order valence-electron chi connectivity index (χ3n) is 0.995. The van der Waals surface area contributed by atoms with Crippen molar-refractivity contribution in [1.82, 2.24) is 10.6 Å². The molecule has 0 rings (SSSR count). The Morgan fingerprint density at radius 1 is 1.50 bits per heavy atom. The smallest absolute Gasteiger partial charge is 0.321 e. The fourth-order valence-electron chi connectivity index (χ4n) is 0.415. The number of halogens is 1. The molecule has 0 unspecified atom stereocenters. The van der Waals surface area contributed by atoms with E-state index in [0.717, 1.165) is 0 Å². The number of carbonyl (C=O) groups is 2. The number of amides is 3. The molecule has 0 aromatic rings. The van der Waals surface area contributed by atoms with Crippen LogP contribution in [0.15, 0.2) is 12.2 Å². The molecule has 4 nitrogen and oxygen atoms in total. The molecule has 0 aliphatic rings. The SMILES string of the molecule is C=C(C)C(=O)NC(=O)NCCCl. The lowest BCUT2D eigenvalue weighted by atomic mass is 10.3. The van der Waals surface area contributed by atoms with Crippen LogP contribution in [0.5, 0.6) is 0 Å². The monoisotopic (exact) mass is 190 g/mol. The van der Waals surface area contributed by atoms with Crippen molar-refractivity contribution in [3.05, 3.63) is 12.2 Å². The number of urea groups is 1. The van der Waals surface area contributed by atoms with Crippen LogP contribution in [0, 0.1) is 0 Å². The van der Waals surface area contributed by atoms with Crippen molar-refractivity contribution in [2.45, 2.75) is 6.92 Å². The van der Waals surface area contributed by atoms with E-state index in [1.165, 1.54) is 6.92 Å². The molecule has 12 heavy (non-hydrogen) atoms. The minimum absolute atomic E-state index is 0.288. The molecule has 0 aliphatic heterocycles. The van der Waals surface area contributed by atoms with Crippen LogP contribution in [0.1, 0.15) is 6.92 Å². The Labute approximate surface area is 76.0 Å². The molecular weight excluding hydrogens is 180 g/mol. The zero-order valence-electron chi connectivity index (χ0n) is 6.82. The molecule has 0 bridgehead atoms. The number of rotatable bonds is 3. The van der Waals surface area contributed by atoms with Gasteiger partial charge in [0.25, 0.3) is 5.91 Å². The summed E-state index contributed by atoms with van der Waals surface area (Å²) in [6, 6.07) is -0.552. The Hall–Kier alpha value is -1.03. The lowest BCUT2D eigenvalue weighted by Gasteiger charge is -2.03. The van der Waals surface area contributed by atoms with Crippen LogP contribution in [0.25, 0.3) is 0 Å². The molecule has 0 fully saturated rings. The molecule has 0 radical (unpaired) electrons. The summed E-state index contributed by atoms with van der Waals surface area (Å²) in [5.41, 5.74) is 0.288. The predicted molar refractivity (Wildman–Crippen MR) is 47.1 cm³/mol.